The van der Waals surface area contributed by atoms with Gasteiger partial charge in [0.15, 0.2) is 0 Å². The van der Waals surface area contributed by atoms with Crippen LogP contribution in [-0.4, -0.2) is 36.1 Å². The maximum absolute atomic E-state index is 14.2. The number of hydrogen-bond acceptors (Lipinski definition) is 4. The number of nitrogens with one attached hydrogen (secondary N) is 2. The molecule has 0 bridgehead atoms. The van der Waals surface area contributed by atoms with E-state index in [0.717, 1.165) is 10.4 Å². The minimum Gasteiger partial charge on any atom is -0.508 e. The summed E-state index contributed by atoms with van der Waals surface area (Å²) in [5.74, 6) is -0.994. The first-order valence-corrected chi connectivity index (χ1v) is 8.13. The van der Waals surface area contributed by atoms with Gasteiger partial charge in [0.2, 0.25) is 16.0 Å². The third-order valence-corrected chi connectivity index (χ3v) is 6.72. The first kappa shape index (κ1) is 14.1. The van der Waals surface area contributed by atoms with Gasteiger partial charge in [-0.15, -0.1) is 0 Å². The minimum atomic E-state index is -3.73. The molecule has 0 radical (unpaired) electrons. The van der Waals surface area contributed by atoms with Gasteiger partial charge in [0, 0.05) is 12.6 Å². The van der Waals surface area contributed by atoms with Gasteiger partial charge in [-0.3, -0.25) is 5.41 Å². The van der Waals surface area contributed by atoms with E-state index in [0.29, 0.717) is 19.3 Å². The monoisotopic (exact) mass is 313 g/mol. The summed E-state index contributed by atoms with van der Waals surface area (Å²) in [6.07, 6.45) is 1.39. The molecule has 8 heteroatoms. The fourth-order valence-electron chi connectivity index (χ4n) is 3.36. The number of halogens is 1. The van der Waals surface area contributed by atoms with Crippen LogP contribution < -0.4 is 5.32 Å². The Balaban J connectivity index is 2.23. The topological polar surface area (TPSA) is 93.5 Å². The van der Waals surface area contributed by atoms with E-state index in [2.05, 4.69) is 5.32 Å². The summed E-state index contributed by atoms with van der Waals surface area (Å²) < 4.78 is 40.2. The third kappa shape index (κ3) is 1.81. The molecule has 114 valence electrons. The van der Waals surface area contributed by atoms with Crippen molar-refractivity contribution in [2.24, 2.45) is 0 Å². The van der Waals surface area contributed by atoms with Crippen LogP contribution in [0.25, 0.3) is 0 Å². The fraction of sp³-hybridized carbons (Fsp3) is 0.462. The summed E-state index contributed by atoms with van der Waals surface area (Å²) >= 11 is 0. The second-order valence-corrected chi connectivity index (χ2v) is 7.65. The molecule has 6 nitrogen and oxygen atoms in total. The van der Waals surface area contributed by atoms with Crippen LogP contribution in [0.4, 0.5) is 4.39 Å². The zero-order chi connectivity index (χ0) is 15.4. The lowest BCUT2D eigenvalue weighted by Crippen LogP contribution is -2.65. The quantitative estimate of drug-likeness (QED) is 0.723. The average molecular weight is 313 g/mol. The molecule has 3 N–H and O–H groups in total. The van der Waals surface area contributed by atoms with Gasteiger partial charge >= 0.3 is 0 Å². The Bertz CT molecular complexity index is 721. The molecule has 1 aliphatic carbocycles. The summed E-state index contributed by atoms with van der Waals surface area (Å²) in [4.78, 5) is 0. The smallest absolute Gasteiger partial charge is 0.242 e. The van der Waals surface area contributed by atoms with Gasteiger partial charge in [0.25, 0.3) is 0 Å². The molecular weight excluding hydrogens is 297 g/mol. The Morgan fingerprint density at radius 2 is 2.24 bits per heavy atom. The van der Waals surface area contributed by atoms with Crippen molar-refractivity contribution in [1.82, 2.24) is 9.62 Å². The van der Waals surface area contributed by atoms with Crippen molar-refractivity contribution in [2.75, 3.05) is 7.05 Å². The SMILES string of the molecule is CN1C(=N)N[C@@]2(c3cc(O)ccc3F)CCC[C@H]2S1(=O)=O. The van der Waals surface area contributed by atoms with E-state index >= 15 is 0 Å². The van der Waals surface area contributed by atoms with E-state index in [1.54, 1.807) is 0 Å². The van der Waals surface area contributed by atoms with Crippen molar-refractivity contribution in [2.45, 2.75) is 30.1 Å². The van der Waals surface area contributed by atoms with Crippen LogP contribution in [0.3, 0.4) is 0 Å². The van der Waals surface area contributed by atoms with E-state index < -0.39 is 26.6 Å². The number of sulfonamides is 1. The first-order chi connectivity index (χ1) is 9.79. The Morgan fingerprint density at radius 1 is 1.52 bits per heavy atom. The van der Waals surface area contributed by atoms with Crippen molar-refractivity contribution < 1.29 is 17.9 Å². The molecule has 0 amide bonds. The molecule has 0 unspecified atom stereocenters. The minimum absolute atomic E-state index is 0.103. The van der Waals surface area contributed by atoms with Crippen LogP contribution in [0.15, 0.2) is 18.2 Å². The van der Waals surface area contributed by atoms with Crippen molar-refractivity contribution in [3.8, 4) is 5.75 Å². The Hall–Kier alpha value is -1.83. The number of benzene rings is 1. The summed E-state index contributed by atoms with van der Waals surface area (Å²) in [5, 5.41) is 19.5. The number of nitrogens with zero attached hydrogens (tertiary/aromatic N) is 1. The third-order valence-electron chi connectivity index (χ3n) is 4.42. The number of rotatable bonds is 1. The molecule has 3 rings (SSSR count). The maximum Gasteiger partial charge on any atom is 0.242 e. The van der Waals surface area contributed by atoms with E-state index in [9.17, 15) is 17.9 Å². The van der Waals surface area contributed by atoms with Crippen molar-refractivity contribution in [3.05, 3.63) is 29.6 Å². The molecule has 1 aromatic rings. The van der Waals surface area contributed by atoms with E-state index in [1.807, 2.05) is 0 Å². The highest BCUT2D eigenvalue weighted by Crippen LogP contribution is 2.47. The number of phenolic OH excluding ortho intramolecular Hbond substituents is 1. The highest BCUT2D eigenvalue weighted by atomic mass is 32.2. The van der Waals surface area contributed by atoms with Crippen LogP contribution in [0.1, 0.15) is 24.8 Å². The van der Waals surface area contributed by atoms with Gasteiger partial charge in [-0.1, -0.05) is 0 Å². The van der Waals surface area contributed by atoms with Crippen molar-refractivity contribution in [1.29, 1.82) is 5.41 Å². The van der Waals surface area contributed by atoms with Crippen LogP contribution in [-0.2, 0) is 15.6 Å². The zero-order valence-electron chi connectivity index (χ0n) is 11.4. The molecule has 2 aliphatic rings. The standard InChI is InChI=1S/C13H16FN3O3S/c1-17-12(15)16-13(6-2-3-11(13)21(17,19)20)9-7-8(18)4-5-10(9)14/h4-5,7,11,18H,2-3,6H2,1H3,(H2,15,16)/t11-,13-/m1/s1. The van der Waals surface area contributed by atoms with E-state index in [-0.39, 0.29) is 17.3 Å². The number of aromatic hydroxyl groups is 1. The Labute approximate surface area is 122 Å². The van der Waals surface area contributed by atoms with E-state index in [4.69, 9.17) is 5.41 Å². The number of guanidine groups is 1. The predicted octanol–water partition coefficient (Wildman–Crippen LogP) is 1.08. The van der Waals surface area contributed by atoms with Crippen molar-refractivity contribution >= 4 is 16.0 Å². The molecule has 21 heavy (non-hydrogen) atoms. The Kier molecular flexibility index (Phi) is 2.91. The first-order valence-electron chi connectivity index (χ1n) is 6.62. The molecule has 0 spiro atoms. The van der Waals surface area contributed by atoms with Gasteiger partial charge in [-0.2, -0.15) is 0 Å². The Morgan fingerprint density at radius 3 is 2.95 bits per heavy atom. The lowest BCUT2D eigenvalue weighted by Gasteiger charge is -2.44. The number of fused-ring (bicyclic) bond motifs is 1. The highest BCUT2D eigenvalue weighted by Gasteiger charge is 2.57. The normalized spacial score (nSPS) is 30.9. The van der Waals surface area contributed by atoms with Crippen LogP contribution >= 0.6 is 0 Å². The zero-order valence-corrected chi connectivity index (χ0v) is 12.2. The number of phenols is 1. The summed E-state index contributed by atoms with van der Waals surface area (Å²) in [6.45, 7) is 0. The second kappa shape index (κ2) is 4.33. The molecule has 1 saturated carbocycles. The van der Waals surface area contributed by atoms with Gasteiger partial charge in [-0.05, 0) is 37.5 Å². The maximum atomic E-state index is 14.2. The molecule has 2 fully saturated rings. The van der Waals surface area contributed by atoms with Gasteiger partial charge in [0.05, 0.1) is 5.54 Å². The second-order valence-electron chi connectivity index (χ2n) is 5.50. The molecular formula is C13H16FN3O3S. The summed E-state index contributed by atoms with van der Waals surface area (Å²) in [6, 6.07) is 3.58. The van der Waals surface area contributed by atoms with Crippen LogP contribution in [0.2, 0.25) is 0 Å². The van der Waals surface area contributed by atoms with E-state index in [1.165, 1.54) is 19.2 Å². The van der Waals surface area contributed by atoms with Gasteiger partial charge < -0.3 is 10.4 Å². The largest absolute Gasteiger partial charge is 0.508 e. The molecule has 1 saturated heterocycles. The molecule has 1 heterocycles. The van der Waals surface area contributed by atoms with Crippen molar-refractivity contribution in [3.63, 3.8) is 0 Å². The molecule has 1 aliphatic heterocycles. The molecule has 2 atom stereocenters. The van der Waals surface area contributed by atoms with Gasteiger partial charge in [-0.25, -0.2) is 17.1 Å². The average Bonchev–Trinajstić information content (AvgIpc) is 2.85. The fourth-order valence-corrected chi connectivity index (χ4v) is 5.32. The molecule has 1 aromatic carbocycles. The summed E-state index contributed by atoms with van der Waals surface area (Å²) in [7, 11) is -2.42. The lowest BCUT2D eigenvalue weighted by atomic mass is 9.87. The predicted molar refractivity (Wildman–Crippen MR) is 74.9 cm³/mol. The molecule has 0 aromatic heterocycles. The van der Waals surface area contributed by atoms with Crippen LogP contribution in [0.5, 0.6) is 5.75 Å². The van der Waals surface area contributed by atoms with Gasteiger partial charge in [0.1, 0.15) is 16.8 Å². The number of hydrogen-bond donors (Lipinski definition) is 3. The lowest BCUT2D eigenvalue weighted by molar-refractivity contribution is 0.342. The summed E-state index contributed by atoms with van der Waals surface area (Å²) in [5.41, 5.74) is -1.09. The van der Waals surface area contributed by atoms with Crippen LogP contribution in [0, 0.1) is 11.2 Å². The highest BCUT2D eigenvalue weighted by molar-refractivity contribution is 7.90.